The van der Waals surface area contributed by atoms with Crippen LogP contribution in [0.2, 0.25) is 0 Å². The van der Waals surface area contributed by atoms with Crippen molar-refractivity contribution >= 4 is 23.4 Å². The van der Waals surface area contributed by atoms with Crippen LogP contribution in [0, 0.1) is 5.82 Å². The Morgan fingerprint density at radius 1 is 1.22 bits per heavy atom. The first kappa shape index (κ1) is 25.1. The molecular formula is C27H25FN2O5S. The first-order chi connectivity index (χ1) is 17.4. The van der Waals surface area contributed by atoms with Crippen molar-refractivity contribution in [3.8, 4) is 11.5 Å². The molecule has 3 aromatic rings. The lowest BCUT2D eigenvalue weighted by Gasteiger charge is -2.24. The van der Waals surface area contributed by atoms with E-state index in [-0.39, 0.29) is 17.7 Å². The lowest BCUT2D eigenvalue weighted by Crippen LogP contribution is -2.39. The van der Waals surface area contributed by atoms with Crippen LogP contribution in [0.15, 0.2) is 76.2 Å². The Hall–Kier alpha value is -3.98. The number of carbonyl (C=O) groups is 1. The van der Waals surface area contributed by atoms with Crippen LogP contribution >= 0.6 is 11.3 Å². The van der Waals surface area contributed by atoms with Gasteiger partial charge in [-0.3, -0.25) is 9.36 Å². The van der Waals surface area contributed by atoms with Crippen molar-refractivity contribution in [2.24, 2.45) is 4.99 Å². The van der Waals surface area contributed by atoms with E-state index < -0.39 is 17.8 Å². The van der Waals surface area contributed by atoms with Gasteiger partial charge in [0.05, 0.1) is 35.6 Å². The first-order valence-electron chi connectivity index (χ1n) is 11.2. The second-order valence-corrected chi connectivity index (χ2v) is 8.87. The summed E-state index contributed by atoms with van der Waals surface area (Å²) in [5.41, 5.74) is 1.66. The van der Waals surface area contributed by atoms with Gasteiger partial charge in [0.2, 0.25) is 0 Å². The number of ether oxygens (including phenoxy) is 3. The third-order valence-electron chi connectivity index (χ3n) is 5.54. The molecular weight excluding hydrogens is 483 g/mol. The molecule has 0 N–H and O–H groups in total. The minimum Gasteiger partial charge on any atom is -0.493 e. The number of thiazole rings is 1. The third-order valence-corrected chi connectivity index (χ3v) is 6.53. The molecule has 7 nitrogen and oxygen atoms in total. The van der Waals surface area contributed by atoms with E-state index in [1.165, 1.54) is 35.1 Å². The Morgan fingerprint density at radius 2 is 1.97 bits per heavy atom. The molecule has 2 heterocycles. The highest BCUT2D eigenvalue weighted by atomic mass is 32.1. The molecule has 9 heteroatoms. The highest BCUT2D eigenvalue weighted by Crippen LogP contribution is 2.31. The van der Waals surface area contributed by atoms with Gasteiger partial charge in [-0.05, 0) is 55.3 Å². The predicted molar refractivity (Wildman–Crippen MR) is 135 cm³/mol. The molecule has 0 unspecified atom stereocenters. The van der Waals surface area contributed by atoms with E-state index in [0.29, 0.717) is 38.7 Å². The summed E-state index contributed by atoms with van der Waals surface area (Å²) in [6.07, 6.45) is 3.37. The molecule has 0 spiro atoms. The molecule has 1 aliphatic heterocycles. The number of rotatable bonds is 8. The Morgan fingerprint density at radius 3 is 2.64 bits per heavy atom. The second-order valence-electron chi connectivity index (χ2n) is 7.86. The number of fused-ring (bicyclic) bond motifs is 1. The highest BCUT2D eigenvalue weighted by Gasteiger charge is 2.33. The maximum absolute atomic E-state index is 13.7. The molecule has 0 radical (unpaired) electrons. The van der Waals surface area contributed by atoms with E-state index in [0.717, 1.165) is 5.56 Å². The predicted octanol–water partition coefficient (Wildman–Crippen LogP) is 3.51. The van der Waals surface area contributed by atoms with Gasteiger partial charge in [0.1, 0.15) is 12.4 Å². The topological polar surface area (TPSA) is 79.1 Å². The zero-order chi connectivity index (χ0) is 25.8. The lowest BCUT2D eigenvalue weighted by atomic mass is 9.96. The zero-order valence-corrected chi connectivity index (χ0v) is 20.9. The van der Waals surface area contributed by atoms with Gasteiger partial charge < -0.3 is 14.2 Å². The average Bonchev–Trinajstić information content (AvgIpc) is 3.17. The van der Waals surface area contributed by atoms with E-state index in [1.54, 1.807) is 50.3 Å². The van der Waals surface area contributed by atoms with Gasteiger partial charge in [-0.1, -0.05) is 42.2 Å². The van der Waals surface area contributed by atoms with Crippen molar-refractivity contribution in [3.05, 3.63) is 103 Å². The lowest BCUT2D eigenvalue weighted by molar-refractivity contribution is -0.139. The van der Waals surface area contributed by atoms with Crippen LogP contribution in [0.4, 0.5) is 4.39 Å². The van der Waals surface area contributed by atoms with E-state index in [9.17, 15) is 14.0 Å². The zero-order valence-electron chi connectivity index (χ0n) is 20.1. The van der Waals surface area contributed by atoms with Crippen molar-refractivity contribution in [3.63, 3.8) is 0 Å². The Balaban J connectivity index is 1.87. The van der Waals surface area contributed by atoms with Crippen LogP contribution in [0.3, 0.4) is 0 Å². The second kappa shape index (κ2) is 10.7. The average molecular weight is 509 g/mol. The third kappa shape index (κ3) is 4.87. The van der Waals surface area contributed by atoms with E-state index in [1.807, 2.05) is 6.07 Å². The Kier molecular flexibility index (Phi) is 7.49. The molecule has 0 amide bonds. The molecule has 4 rings (SSSR count). The van der Waals surface area contributed by atoms with E-state index >= 15 is 0 Å². The summed E-state index contributed by atoms with van der Waals surface area (Å²) >= 11 is 1.20. The Bertz CT molecular complexity index is 1520. The van der Waals surface area contributed by atoms with Crippen molar-refractivity contribution in [1.82, 2.24) is 4.57 Å². The molecule has 0 saturated heterocycles. The number of aromatic nitrogens is 1. The monoisotopic (exact) mass is 508 g/mol. The van der Waals surface area contributed by atoms with Gasteiger partial charge >= 0.3 is 5.97 Å². The summed E-state index contributed by atoms with van der Waals surface area (Å²) < 4.78 is 31.8. The standard InChI is InChI=1S/C27H25FN2O5S/c1-5-13-35-20-12-7-17(14-21(20)33-4)15-22-25(31)30-24(18-8-10-19(28)11-9-18)23(26(32)34-6-2)16(3)29-27(30)36-22/h5,7-12,14-15,24H,1,6,13H2,2-4H3/b22-15-/t24-/m1/s1. The fourth-order valence-electron chi connectivity index (χ4n) is 3.95. The van der Waals surface area contributed by atoms with Gasteiger partial charge in [0.15, 0.2) is 16.3 Å². The molecule has 1 aliphatic rings. The molecule has 1 aromatic heterocycles. The van der Waals surface area contributed by atoms with Crippen molar-refractivity contribution in [1.29, 1.82) is 0 Å². The quantitative estimate of drug-likeness (QED) is 0.344. The van der Waals surface area contributed by atoms with Crippen LogP contribution in [0.25, 0.3) is 6.08 Å². The summed E-state index contributed by atoms with van der Waals surface area (Å²) in [6.45, 7) is 7.55. The number of methoxy groups -OCH3 is 1. The van der Waals surface area contributed by atoms with Gasteiger partial charge in [-0.2, -0.15) is 0 Å². The largest absolute Gasteiger partial charge is 0.493 e. The number of nitrogens with zero attached hydrogens (tertiary/aromatic N) is 2. The van der Waals surface area contributed by atoms with Crippen LogP contribution in [0.1, 0.15) is 31.0 Å². The molecule has 2 aromatic carbocycles. The smallest absolute Gasteiger partial charge is 0.338 e. The van der Waals surface area contributed by atoms with Gasteiger partial charge in [-0.15, -0.1) is 0 Å². The van der Waals surface area contributed by atoms with Crippen molar-refractivity contribution in [2.45, 2.75) is 19.9 Å². The number of halogens is 1. The fraction of sp³-hybridized carbons (Fsp3) is 0.222. The summed E-state index contributed by atoms with van der Waals surface area (Å²) in [7, 11) is 1.54. The fourth-order valence-corrected chi connectivity index (χ4v) is 4.99. The van der Waals surface area contributed by atoms with Crippen molar-refractivity contribution in [2.75, 3.05) is 20.3 Å². The van der Waals surface area contributed by atoms with Gasteiger partial charge in [-0.25, -0.2) is 14.2 Å². The highest BCUT2D eigenvalue weighted by molar-refractivity contribution is 7.07. The molecule has 186 valence electrons. The number of hydrogen-bond donors (Lipinski definition) is 0. The molecule has 0 bridgehead atoms. The van der Waals surface area contributed by atoms with Crippen LogP contribution in [-0.4, -0.2) is 30.9 Å². The summed E-state index contributed by atoms with van der Waals surface area (Å²) in [6, 6.07) is 10.2. The molecule has 0 fully saturated rings. The van der Waals surface area contributed by atoms with Gasteiger partial charge in [0.25, 0.3) is 5.56 Å². The molecule has 36 heavy (non-hydrogen) atoms. The maximum Gasteiger partial charge on any atom is 0.338 e. The number of allylic oxidation sites excluding steroid dienone is 1. The summed E-state index contributed by atoms with van der Waals surface area (Å²) in [5, 5.41) is 0. The number of hydrogen-bond acceptors (Lipinski definition) is 7. The molecule has 0 saturated carbocycles. The van der Waals surface area contributed by atoms with E-state index in [4.69, 9.17) is 14.2 Å². The van der Waals surface area contributed by atoms with E-state index in [2.05, 4.69) is 11.6 Å². The minimum atomic E-state index is -0.799. The summed E-state index contributed by atoms with van der Waals surface area (Å²) in [5.74, 6) is 0.0891. The van der Waals surface area contributed by atoms with Crippen molar-refractivity contribution < 1.29 is 23.4 Å². The first-order valence-corrected chi connectivity index (χ1v) is 12.1. The van der Waals surface area contributed by atoms with Crippen LogP contribution in [-0.2, 0) is 9.53 Å². The minimum absolute atomic E-state index is 0.171. The molecule has 1 atom stereocenters. The number of benzene rings is 2. The molecule has 0 aliphatic carbocycles. The number of carbonyl (C=O) groups excluding carboxylic acids is 1. The SMILES string of the molecule is C=CCOc1ccc(/C=c2\sc3n(c2=O)[C@H](c2ccc(F)cc2)C(C(=O)OCC)=C(C)N=3)cc1OC. The van der Waals surface area contributed by atoms with Crippen LogP contribution in [0.5, 0.6) is 11.5 Å². The maximum atomic E-state index is 13.7. The normalized spacial score (nSPS) is 15.2. The van der Waals surface area contributed by atoms with Crippen LogP contribution < -0.4 is 24.4 Å². The summed E-state index contributed by atoms with van der Waals surface area (Å²) in [4.78, 5) is 31.5. The van der Waals surface area contributed by atoms with Gasteiger partial charge in [0, 0.05) is 0 Å². The Labute approximate surface area is 211 Å². The number of esters is 1.